The minimum atomic E-state index is -0.267. The molecule has 2 aromatic carbocycles. The lowest BCUT2D eigenvalue weighted by atomic mass is 9.83. The number of ketones is 2. The maximum Gasteiger partial charge on any atom is 0.309 e. The molecule has 0 atom stereocenters. The molecule has 0 bridgehead atoms. The van der Waals surface area contributed by atoms with Crippen LogP contribution in [-0.4, -0.2) is 54.6 Å². The highest BCUT2D eigenvalue weighted by atomic mass is 16.5. The van der Waals surface area contributed by atoms with Crippen LogP contribution in [-0.2, 0) is 14.3 Å². The van der Waals surface area contributed by atoms with Gasteiger partial charge in [0.25, 0.3) is 0 Å². The Bertz CT molecular complexity index is 1050. The van der Waals surface area contributed by atoms with E-state index in [2.05, 4.69) is 5.32 Å². The van der Waals surface area contributed by atoms with Crippen LogP contribution >= 0.6 is 0 Å². The molecule has 2 aromatic rings. The van der Waals surface area contributed by atoms with Crippen LogP contribution in [0.2, 0.25) is 0 Å². The molecule has 1 amide bonds. The van der Waals surface area contributed by atoms with Crippen molar-refractivity contribution in [3.63, 3.8) is 0 Å². The number of rotatable bonds is 5. The van der Waals surface area contributed by atoms with E-state index in [1.165, 1.54) is 0 Å². The highest BCUT2D eigenvalue weighted by Gasteiger charge is 2.32. The van der Waals surface area contributed by atoms with Crippen LogP contribution in [0.4, 0.5) is 5.69 Å². The van der Waals surface area contributed by atoms with Gasteiger partial charge in [0.1, 0.15) is 0 Å². The van der Waals surface area contributed by atoms with Crippen LogP contribution in [0, 0.1) is 5.92 Å². The first-order valence-corrected chi connectivity index (χ1v) is 10.5. The molecule has 1 aliphatic carbocycles. The Labute approximate surface area is 180 Å². The third kappa shape index (κ3) is 4.14. The number of nitrogens with zero attached hydrogens (tertiary/aromatic N) is 1. The molecular weight excluding hydrogens is 396 g/mol. The third-order valence-electron chi connectivity index (χ3n) is 5.80. The molecule has 7 nitrogen and oxygen atoms in total. The summed E-state index contributed by atoms with van der Waals surface area (Å²) in [6.45, 7) is 3.55. The van der Waals surface area contributed by atoms with E-state index in [4.69, 9.17) is 4.74 Å². The highest BCUT2D eigenvalue weighted by Crippen LogP contribution is 2.32. The predicted molar refractivity (Wildman–Crippen MR) is 114 cm³/mol. The van der Waals surface area contributed by atoms with Gasteiger partial charge < -0.3 is 10.1 Å². The number of fused-ring (bicyclic) bond motifs is 2. The van der Waals surface area contributed by atoms with Crippen molar-refractivity contribution in [3.05, 3.63) is 64.7 Å². The Hall–Kier alpha value is -3.32. The summed E-state index contributed by atoms with van der Waals surface area (Å²) in [5.74, 6) is -1.05. The molecule has 1 N–H and O–H groups in total. The van der Waals surface area contributed by atoms with E-state index >= 15 is 0 Å². The van der Waals surface area contributed by atoms with Gasteiger partial charge in [-0.05, 0) is 38.9 Å². The van der Waals surface area contributed by atoms with Crippen molar-refractivity contribution in [1.29, 1.82) is 0 Å². The molecule has 31 heavy (non-hydrogen) atoms. The van der Waals surface area contributed by atoms with E-state index in [9.17, 15) is 19.2 Å². The van der Waals surface area contributed by atoms with Gasteiger partial charge in [-0.25, -0.2) is 0 Å². The number of carbonyl (C=O) groups excluding carboxylic acids is 4. The van der Waals surface area contributed by atoms with Crippen LogP contribution < -0.4 is 5.32 Å². The number of hydrogen-bond donors (Lipinski definition) is 1. The lowest BCUT2D eigenvalue weighted by molar-refractivity contribution is -0.149. The van der Waals surface area contributed by atoms with Crippen molar-refractivity contribution < 1.29 is 23.9 Å². The summed E-state index contributed by atoms with van der Waals surface area (Å²) < 4.78 is 5.08. The molecule has 0 aromatic heterocycles. The molecule has 1 aliphatic heterocycles. The molecule has 4 rings (SSSR count). The predicted octanol–water partition coefficient (Wildman–Crippen LogP) is 2.68. The van der Waals surface area contributed by atoms with E-state index in [0.717, 1.165) is 0 Å². The Balaban J connectivity index is 1.44. The van der Waals surface area contributed by atoms with Gasteiger partial charge in [-0.3, -0.25) is 24.1 Å². The van der Waals surface area contributed by atoms with E-state index < -0.39 is 0 Å². The van der Waals surface area contributed by atoms with Crippen molar-refractivity contribution in [2.75, 3.05) is 31.6 Å². The number of piperidine rings is 1. The molecule has 160 valence electrons. The van der Waals surface area contributed by atoms with Crippen LogP contribution in [0.25, 0.3) is 0 Å². The standard InChI is InChI=1S/C24H24N2O5/c1-2-31-24(30)15-10-12-26(13-11-15)14-20(27)25-19-9-5-8-18-21(19)23(29)17-7-4-3-6-16(17)22(18)28/h3-9,15H,2,10-14H2,1H3,(H,25,27). The maximum atomic E-state index is 13.0. The summed E-state index contributed by atoms with van der Waals surface area (Å²) >= 11 is 0. The van der Waals surface area contributed by atoms with Gasteiger partial charge in [-0.1, -0.05) is 36.4 Å². The van der Waals surface area contributed by atoms with Crippen molar-refractivity contribution >= 4 is 29.1 Å². The average Bonchev–Trinajstić information content (AvgIpc) is 2.78. The summed E-state index contributed by atoms with van der Waals surface area (Å²) in [4.78, 5) is 52.4. The summed E-state index contributed by atoms with van der Waals surface area (Å²) in [5.41, 5.74) is 1.62. The number of nitrogens with one attached hydrogen (secondary N) is 1. The van der Waals surface area contributed by atoms with Crippen LogP contribution in [0.15, 0.2) is 42.5 Å². The minimum absolute atomic E-state index is 0.121. The van der Waals surface area contributed by atoms with Gasteiger partial charge in [0.05, 0.1) is 30.3 Å². The van der Waals surface area contributed by atoms with Crippen molar-refractivity contribution in [2.45, 2.75) is 19.8 Å². The third-order valence-corrected chi connectivity index (χ3v) is 5.80. The van der Waals surface area contributed by atoms with E-state index in [0.29, 0.717) is 54.9 Å². The molecule has 0 radical (unpaired) electrons. The van der Waals surface area contributed by atoms with Crippen molar-refractivity contribution in [2.24, 2.45) is 5.92 Å². The Morgan fingerprint density at radius 2 is 1.61 bits per heavy atom. The Morgan fingerprint density at radius 1 is 0.968 bits per heavy atom. The number of likely N-dealkylation sites (tertiary alicyclic amines) is 1. The zero-order valence-electron chi connectivity index (χ0n) is 17.3. The Kier molecular flexibility index (Phi) is 5.95. The first-order valence-electron chi connectivity index (χ1n) is 10.5. The van der Waals surface area contributed by atoms with Gasteiger partial charge in [-0.2, -0.15) is 0 Å². The van der Waals surface area contributed by atoms with Gasteiger partial charge >= 0.3 is 5.97 Å². The fourth-order valence-corrected chi connectivity index (χ4v) is 4.23. The molecule has 1 fully saturated rings. The quantitative estimate of drug-likeness (QED) is 0.638. The van der Waals surface area contributed by atoms with Crippen LogP contribution in [0.1, 0.15) is 51.6 Å². The fourth-order valence-electron chi connectivity index (χ4n) is 4.23. The summed E-state index contributed by atoms with van der Waals surface area (Å²) in [7, 11) is 0. The SMILES string of the molecule is CCOC(=O)C1CCN(CC(=O)Nc2cccc3c2C(=O)c2ccccc2C3=O)CC1. The molecule has 0 unspecified atom stereocenters. The molecular formula is C24H24N2O5. The molecule has 0 saturated carbocycles. The van der Waals surface area contributed by atoms with Crippen LogP contribution in [0.5, 0.6) is 0 Å². The summed E-state index contributed by atoms with van der Waals surface area (Å²) in [5, 5.41) is 2.81. The number of benzene rings is 2. The van der Waals surface area contributed by atoms with Crippen molar-refractivity contribution in [1.82, 2.24) is 4.90 Å². The number of amides is 1. The number of hydrogen-bond acceptors (Lipinski definition) is 6. The fraction of sp³-hybridized carbons (Fsp3) is 0.333. The van der Waals surface area contributed by atoms with E-state index in [1.54, 1.807) is 49.4 Å². The second-order valence-electron chi connectivity index (χ2n) is 7.78. The van der Waals surface area contributed by atoms with Crippen LogP contribution in [0.3, 0.4) is 0 Å². The lowest BCUT2D eigenvalue weighted by Gasteiger charge is -2.30. The normalized spacial score (nSPS) is 16.4. The second-order valence-corrected chi connectivity index (χ2v) is 7.78. The van der Waals surface area contributed by atoms with Crippen molar-refractivity contribution in [3.8, 4) is 0 Å². The second kappa shape index (κ2) is 8.81. The number of carbonyl (C=O) groups is 4. The molecule has 1 heterocycles. The Morgan fingerprint density at radius 3 is 2.29 bits per heavy atom. The zero-order valence-corrected chi connectivity index (χ0v) is 17.3. The average molecular weight is 420 g/mol. The molecule has 2 aliphatic rings. The summed E-state index contributed by atoms with van der Waals surface area (Å²) in [6.07, 6.45) is 1.30. The largest absolute Gasteiger partial charge is 0.466 e. The van der Waals surface area contributed by atoms with Gasteiger partial charge in [0, 0.05) is 16.7 Å². The van der Waals surface area contributed by atoms with Gasteiger partial charge in [0.15, 0.2) is 11.6 Å². The zero-order chi connectivity index (χ0) is 22.0. The topological polar surface area (TPSA) is 92.8 Å². The maximum absolute atomic E-state index is 13.0. The molecule has 1 saturated heterocycles. The van der Waals surface area contributed by atoms with E-state index in [-0.39, 0.29) is 41.5 Å². The van der Waals surface area contributed by atoms with Gasteiger partial charge in [0.2, 0.25) is 5.91 Å². The smallest absolute Gasteiger partial charge is 0.309 e. The van der Waals surface area contributed by atoms with E-state index in [1.807, 2.05) is 4.90 Å². The minimum Gasteiger partial charge on any atom is -0.466 e. The first kappa shape index (κ1) is 20.9. The highest BCUT2D eigenvalue weighted by molar-refractivity contribution is 6.30. The monoisotopic (exact) mass is 420 g/mol. The van der Waals surface area contributed by atoms with Gasteiger partial charge in [-0.15, -0.1) is 0 Å². The number of ether oxygens (including phenoxy) is 1. The summed E-state index contributed by atoms with van der Waals surface area (Å²) in [6, 6.07) is 11.6. The molecule has 7 heteroatoms. The molecule has 0 spiro atoms. The first-order chi connectivity index (χ1) is 15.0. The lowest BCUT2D eigenvalue weighted by Crippen LogP contribution is -2.41. The number of anilines is 1. The number of esters is 1.